The van der Waals surface area contributed by atoms with E-state index in [9.17, 15) is 0 Å². The second kappa shape index (κ2) is 21.9. The molecule has 80 heavy (non-hydrogen) atoms. The fourth-order valence-electron chi connectivity index (χ4n) is 13.7. The van der Waals surface area contributed by atoms with Gasteiger partial charge in [-0.05, 0) is 130 Å². The van der Waals surface area contributed by atoms with E-state index >= 15 is 0 Å². The predicted octanol–water partition coefficient (Wildman–Crippen LogP) is 19.9. The molecule has 0 spiro atoms. The fourth-order valence-corrected chi connectivity index (χ4v) is 14.1. The van der Waals surface area contributed by atoms with E-state index in [1.54, 1.807) is 0 Å². The summed E-state index contributed by atoms with van der Waals surface area (Å²) in [5, 5.41) is 3.32. The lowest BCUT2D eigenvalue weighted by atomic mass is 9.81. The Kier molecular flexibility index (Phi) is 13.9. The van der Waals surface area contributed by atoms with Gasteiger partial charge in [-0.2, -0.15) is 0 Å². The zero-order valence-electron chi connectivity index (χ0n) is 46.2. The molecule has 3 nitrogen and oxygen atoms in total. The summed E-state index contributed by atoms with van der Waals surface area (Å²) in [6, 6.07) is 71.4. The molecule has 4 heteroatoms. The molecule has 0 amide bonds. The molecule has 392 valence electrons. The van der Waals surface area contributed by atoms with Gasteiger partial charge in [-0.1, -0.05) is 249 Å². The van der Waals surface area contributed by atoms with Crippen molar-refractivity contribution in [2.45, 2.75) is 66.1 Å². The number of fused-ring (bicyclic) bond motifs is 4. The van der Waals surface area contributed by atoms with E-state index in [2.05, 4.69) is 284 Å². The van der Waals surface area contributed by atoms with Gasteiger partial charge >= 0.3 is 0 Å². The van der Waals surface area contributed by atoms with E-state index in [0.717, 1.165) is 55.1 Å². The van der Waals surface area contributed by atoms with Gasteiger partial charge in [-0.25, -0.2) is 0 Å². The number of hydrogen-bond donors (Lipinski definition) is 0. The highest BCUT2D eigenvalue weighted by Gasteiger charge is 2.41. The number of para-hydroxylation sites is 2. The third-order valence-electron chi connectivity index (χ3n) is 17.1. The Morgan fingerprint density at radius 2 is 1.06 bits per heavy atom. The molecule has 4 aliphatic rings. The number of nitrogens with zero attached hydrogens (tertiary/aromatic N) is 3. The Morgan fingerprint density at radius 1 is 0.537 bits per heavy atom. The molecule has 3 aliphatic carbocycles. The summed E-state index contributed by atoms with van der Waals surface area (Å²) in [6.07, 6.45) is 21.5. The van der Waals surface area contributed by atoms with E-state index in [4.69, 9.17) is 11.6 Å². The molecule has 3 heterocycles. The first-order valence-corrected chi connectivity index (χ1v) is 29.3. The van der Waals surface area contributed by atoms with Crippen LogP contribution in [0.1, 0.15) is 80.3 Å². The number of rotatable bonds is 14. The molecule has 9 aromatic rings. The lowest BCUT2D eigenvalue weighted by Crippen LogP contribution is -2.32. The van der Waals surface area contributed by atoms with Gasteiger partial charge in [-0.15, -0.1) is 0 Å². The highest BCUT2D eigenvalue weighted by Crippen LogP contribution is 2.55. The minimum Gasteiger partial charge on any atom is -0.364 e. The maximum atomic E-state index is 7.91. The minimum atomic E-state index is 0.134. The predicted molar refractivity (Wildman–Crippen MR) is 342 cm³/mol. The highest BCUT2D eigenvalue weighted by atomic mass is 35.5. The summed E-state index contributed by atoms with van der Waals surface area (Å²) in [5.74, 6) is 0.134. The Hall–Kier alpha value is -8.63. The molecule has 7 aromatic carbocycles. The molecule has 2 aromatic heterocycles. The van der Waals surface area contributed by atoms with Gasteiger partial charge in [-0.3, -0.25) is 0 Å². The zero-order valence-corrected chi connectivity index (χ0v) is 47.0. The van der Waals surface area contributed by atoms with Crippen molar-refractivity contribution in [3.63, 3.8) is 0 Å². The second-order valence-electron chi connectivity index (χ2n) is 21.3. The van der Waals surface area contributed by atoms with Crippen LogP contribution in [0.2, 0.25) is 0 Å². The third kappa shape index (κ3) is 8.58. The van der Waals surface area contributed by atoms with Crippen LogP contribution < -0.4 is 0 Å². The van der Waals surface area contributed by atoms with Gasteiger partial charge in [0.2, 0.25) is 0 Å². The van der Waals surface area contributed by atoms with E-state index in [-0.39, 0.29) is 12.0 Å². The lowest BCUT2D eigenvalue weighted by Gasteiger charge is -2.29. The average molecular weight is 1060 g/mol. The van der Waals surface area contributed by atoms with Crippen LogP contribution in [0.3, 0.4) is 0 Å². The average Bonchev–Trinajstić information content (AvgIpc) is 4.34. The van der Waals surface area contributed by atoms with Crippen LogP contribution in [0.15, 0.2) is 264 Å². The number of aromatic nitrogens is 2. The van der Waals surface area contributed by atoms with Crippen LogP contribution in [0.5, 0.6) is 0 Å². The van der Waals surface area contributed by atoms with Crippen LogP contribution >= 0.6 is 11.6 Å². The number of allylic oxidation sites excluding steroid dienone is 14. The van der Waals surface area contributed by atoms with Crippen LogP contribution in [-0.4, -0.2) is 26.6 Å². The summed E-state index contributed by atoms with van der Waals surface area (Å²) in [5.41, 5.74) is 26.2. The number of likely N-dealkylation sites (N-methyl/N-ethyl adjacent to an activating group) is 1. The molecule has 0 saturated carbocycles. The van der Waals surface area contributed by atoms with Crippen molar-refractivity contribution in [3.05, 3.63) is 298 Å². The Labute approximate surface area is 477 Å². The quantitative estimate of drug-likeness (QED) is 0.106. The van der Waals surface area contributed by atoms with Gasteiger partial charge in [0.05, 0.1) is 17.4 Å². The van der Waals surface area contributed by atoms with Crippen molar-refractivity contribution < 1.29 is 0 Å². The first-order valence-electron chi connectivity index (χ1n) is 28.9. The van der Waals surface area contributed by atoms with Crippen molar-refractivity contribution in [1.82, 2.24) is 14.0 Å². The van der Waals surface area contributed by atoms with Gasteiger partial charge in [0, 0.05) is 69.2 Å². The molecule has 0 saturated heterocycles. The molecule has 2 unspecified atom stereocenters. The molecule has 2 atom stereocenters. The molecule has 0 bridgehead atoms. The normalized spacial score (nSPS) is 18.3. The number of benzene rings is 7. The first-order chi connectivity index (χ1) is 39.5. The fraction of sp³-hybridized carbons (Fsp3) is 0.158. The molecular weight excluding hydrogens is 990 g/mol. The lowest BCUT2D eigenvalue weighted by molar-refractivity contribution is 0.348. The number of aryl methyl sites for hydroxylation is 2. The summed E-state index contributed by atoms with van der Waals surface area (Å²) in [4.78, 5) is 2.63. The smallest absolute Gasteiger partial charge is 0.0580 e. The largest absolute Gasteiger partial charge is 0.364 e. The van der Waals surface area contributed by atoms with E-state index in [1.165, 1.54) is 117 Å². The number of halogens is 1. The van der Waals surface area contributed by atoms with E-state index < -0.39 is 0 Å². The Morgan fingerprint density at radius 3 is 1.66 bits per heavy atom. The SMILES string of the molecule is CCC1=C(c2ccccc2)C(=C(/C=C/C2=C(Cl)C(=C/C=C(/C3=C(c4ccccc4)N(CC)C4C=CC=CC34)c3c(-c4ccccc4)n(CC)c4ccccc34)CC2)c2c(-c3ccccc3)n(CC)c3ccccc23)c2ccccc21. The van der Waals surface area contributed by atoms with Crippen molar-refractivity contribution in [2.75, 3.05) is 6.54 Å². The Balaban J connectivity index is 1.06. The standard InChI is InChI=1S/C76H66ClN3/c1-5-57-58-37-21-22-38-59(58)69(68(57)51-29-13-9-14-30-51)63(70-60-39-23-26-42-65(60)78(6-2)74(70)54-31-15-10-16-32-54)49-47-52-45-46-53(73(52)77)48-50-64(71-61-40-24-27-43-66(61)79(7-3)75(71)55-33-17-11-18-34-55)72-62-41-25-28-44-67(62)80(8-4)76(72)56-35-19-12-20-36-56/h9-44,47-50,61,66H,5-8,45-46H2,1-4H3/b49-47+,53-48?,64-50-,69-63?. The summed E-state index contributed by atoms with van der Waals surface area (Å²) in [6.45, 7) is 11.7. The van der Waals surface area contributed by atoms with E-state index in [1.807, 2.05) is 0 Å². The molecule has 0 N–H and O–H groups in total. The van der Waals surface area contributed by atoms with Gasteiger partial charge in [0.25, 0.3) is 0 Å². The van der Waals surface area contributed by atoms with Crippen molar-refractivity contribution in [1.29, 1.82) is 0 Å². The topological polar surface area (TPSA) is 13.1 Å². The third-order valence-corrected chi connectivity index (χ3v) is 17.6. The first kappa shape index (κ1) is 50.8. The zero-order chi connectivity index (χ0) is 54.3. The van der Waals surface area contributed by atoms with Crippen LogP contribution in [0.25, 0.3) is 77.9 Å². The van der Waals surface area contributed by atoms with Crippen LogP contribution in [-0.2, 0) is 13.1 Å². The summed E-state index contributed by atoms with van der Waals surface area (Å²) < 4.78 is 5.04. The second-order valence-corrected chi connectivity index (χ2v) is 21.6. The van der Waals surface area contributed by atoms with E-state index in [0.29, 0.717) is 0 Å². The van der Waals surface area contributed by atoms with Gasteiger partial charge in [0.15, 0.2) is 0 Å². The summed E-state index contributed by atoms with van der Waals surface area (Å²) >= 11 is 7.91. The number of hydrogen-bond acceptors (Lipinski definition) is 1. The van der Waals surface area contributed by atoms with Crippen molar-refractivity contribution in [2.24, 2.45) is 5.92 Å². The van der Waals surface area contributed by atoms with Gasteiger partial charge in [0.1, 0.15) is 0 Å². The Bertz CT molecular complexity index is 4150. The molecule has 0 radical (unpaired) electrons. The molecule has 1 aliphatic heterocycles. The van der Waals surface area contributed by atoms with Crippen LogP contribution in [0, 0.1) is 5.92 Å². The maximum absolute atomic E-state index is 7.91. The van der Waals surface area contributed by atoms with Gasteiger partial charge < -0.3 is 14.0 Å². The van der Waals surface area contributed by atoms with Crippen molar-refractivity contribution >= 4 is 67.0 Å². The molecular formula is C76H66ClN3. The maximum Gasteiger partial charge on any atom is 0.0580 e. The van der Waals surface area contributed by atoms with Crippen molar-refractivity contribution in [3.8, 4) is 22.5 Å². The summed E-state index contributed by atoms with van der Waals surface area (Å²) in [7, 11) is 0. The molecule has 0 fully saturated rings. The molecule has 13 rings (SSSR count). The minimum absolute atomic E-state index is 0.134. The monoisotopic (exact) mass is 1060 g/mol. The van der Waals surface area contributed by atoms with Crippen LogP contribution in [0.4, 0.5) is 0 Å². The highest BCUT2D eigenvalue weighted by molar-refractivity contribution is 6.33.